The fourth-order valence-corrected chi connectivity index (χ4v) is 2.37. The zero-order valence-corrected chi connectivity index (χ0v) is 11.6. The van der Waals surface area contributed by atoms with E-state index in [1.807, 2.05) is 19.2 Å². The van der Waals surface area contributed by atoms with Crippen LogP contribution in [0.2, 0.25) is 0 Å². The van der Waals surface area contributed by atoms with Crippen LogP contribution in [0.3, 0.4) is 0 Å². The van der Waals surface area contributed by atoms with Gasteiger partial charge in [0.15, 0.2) is 0 Å². The highest BCUT2D eigenvalue weighted by molar-refractivity contribution is 9.10. The van der Waals surface area contributed by atoms with Crippen molar-refractivity contribution >= 4 is 15.9 Å². The predicted molar refractivity (Wildman–Crippen MR) is 71.4 cm³/mol. The van der Waals surface area contributed by atoms with E-state index in [9.17, 15) is 0 Å². The lowest BCUT2D eigenvalue weighted by Crippen LogP contribution is -2.26. The average molecular weight is 300 g/mol. The van der Waals surface area contributed by atoms with Crippen LogP contribution in [-0.2, 0) is 11.3 Å². The highest BCUT2D eigenvalue weighted by Gasteiger charge is 2.16. The van der Waals surface area contributed by atoms with Crippen molar-refractivity contribution in [3.05, 3.63) is 28.2 Å². The van der Waals surface area contributed by atoms with Crippen molar-refractivity contribution in [1.29, 1.82) is 0 Å². The van der Waals surface area contributed by atoms with E-state index >= 15 is 0 Å². The quantitative estimate of drug-likeness (QED) is 0.927. The standard InChI is InChI=1S/C13H18BrNO2/c1-15-9-10-8-11(14)2-3-13(10)17-12-4-6-16-7-5-12/h2-3,8,12,15H,4-7,9H2,1H3. The molecule has 0 amide bonds. The average Bonchev–Trinajstić information content (AvgIpc) is 2.34. The molecule has 1 heterocycles. The first kappa shape index (κ1) is 12.9. The molecule has 0 aliphatic carbocycles. The zero-order valence-electron chi connectivity index (χ0n) is 10.0. The Bertz CT molecular complexity index is 364. The summed E-state index contributed by atoms with van der Waals surface area (Å²) in [5, 5.41) is 3.16. The highest BCUT2D eigenvalue weighted by atomic mass is 79.9. The van der Waals surface area contributed by atoms with Crippen LogP contribution in [0.4, 0.5) is 0 Å². The van der Waals surface area contributed by atoms with Gasteiger partial charge in [0.1, 0.15) is 11.9 Å². The Morgan fingerprint density at radius 3 is 2.88 bits per heavy atom. The summed E-state index contributed by atoms with van der Waals surface area (Å²) >= 11 is 3.49. The molecule has 1 aromatic rings. The third kappa shape index (κ3) is 3.69. The van der Waals surface area contributed by atoms with Gasteiger partial charge >= 0.3 is 0 Å². The monoisotopic (exact) mass is 299 g/mol. The van der Waals surface area contributed by atoms with Gasteiger partial charge in [0.05, 0.1) is 13.2 Å². The summed E-state index contributed by atoms with van der Waals surface area (Å²) in [6.45, 7) is 2.43. The summed E-state index contributed by atoms with van der Waals surface area (Å²) in [5.74, 6) is 0.981. The Balaban J connectivity index is 2.07. The topological polar surface area (TPSA) is 30.5 Å². The van der Waals surface area contributed by atoms with Gasteiger partial charge in [0.2, 0.25) is 0 Å². The molecule has 0 atom stereocenters. The van der Waals surface area contributed by atoms with Gasteiger partial charge in [0, 0.05) is 29.4 Å². The molecule has 0 unspecified atom stereocenters. The molecule has 94 valence electrons. The number of hydrogen-bond acceptors (Lipinski definition) is 3. The Morgan fingerprint density at radius 1 is 1.41 bits per heavy atom. The maximum Gasteiger partial charge on any atom is 0.124 e. The van der Waals surface area contributed by atoms with E-state index in [1.165, 1.54) is 5.56 Å². The van der Waals surface area contributed by atoms with Gasteiger partial charge in [-0.25, -0.2) is 0 Å². The SMILES string of the molecule is CNCc1cc(Br)ccc1OC1CCOCC1. The molecule has 3 nitrogen and oxygen atoms in total. The number of rotatable bonds is 4. The number of hydrogen-bond donors (Lipinski definition) is 1. The highest BCUT2D eigenvalue weighted by Crippen LogP contribution is 2.26. The summed E-state index contributed by atoms with van der Waals surface area (Å²) < 4.78 is 12.5. The van der Waals surface area contributed by atoms with Crippen LogP contribution in [-0.4, -0.2) is 26.4 Å². The molecule has 1 fully saturated rings. The van der Waals surface area contributed by atoms with Crippen LogP contribution >= 0.6 is 15.9 Å². The first-order valence-electron chi connectivity index (χ1n) is 5.97. The van der Waals surface area contributed by atoms with Gasteiger partial charge in [-0.05, 0) is 25.2 Å². The second kappa shape index (κ2) is 6.38. The number of halogens is 1. The normalized spacial score (nSPS) is 17.1. The van der Waals surface area contributed by atoms with E-state index in [1.54, 1.807) is 0 Å². The smallest absolute Gasteiger partial charge is 0.124 e. The van der Waals surface area contributed by atoms with Crippen molar-refractivity contribution in [3.8, 4) is 5.75 Å². The molecule has 0 spiro atoms. The summed E-state index contributed by atoms with van der Waals surface area (Å²) in [6.07, 6.45) is 2.25. The molecule has 1 aliphatic rings. The second-order valence-electron chi connectivity index (χ2n) is 4.21. The summed E-state index contributed by atoms with van der Waals surface area (Å²) in [5.41, 5.74) is 1.19. The fraction of sp³-hybridized carbons (Fsp3) is 0.538. The zero-order chi connectivity index (χ0) is 12.1. The number of benzene rings is 1. The van der Waals surface area contributed by atoms with Crippen molar-refractivity contribution in [3.63, 3.8) is 0 Å². The molecular weight excluding hydrogens is 282 g/mol. The number of nitrogens with one attached hydrogen (secondary N) is 1. The summed E-state index contributed by atoms with van der Waals surface area (Å²) in [7, 11) is 1.94. The van der Waals surface area contributed by atoms with Gasteiger partial charge in [-0.3, -0.25) is 0 Å². The molecule has 1 aliphatic heterocycles. The third-order valence-corrected chi connectivity index (χ3v) is 3.34. The maximum atomic E-state index is 6.05. The van der Waals surface area contributed by atoms with Crippen LogP contribution in [0.1, 0.15) is 18.4 Å². The number of ether oxygens (including phenoxy) is 2. The minimum absolute atomic E-state index is 0.292. The van der Waals surface area contributed by atoms with Crippen LogP contribution in [0, 0.1) is 0 Å². The molecular formula is C13H18BrNO2. The van der Waals surface area contributed by atoms with Gasteiger partial charge in [-0.1, -0.05) is 15.9 Å². The largest absolute Gasteiger partial charge is 0.490 e. The van der Waals surface area contributed by atoms with Gasteiger partial charge in [-0.2, -0.15) is 0 Å². The lowest BCUT2D eigenvalue weighted by molar-refractivity contribution is 0.0251. The van der Waals surface area contributed by atoms with E-state index in [-0.39, 0.29) is 0 Å². The van der Waals surface area contributed by atoms with E-state index in [0.717, 1.165) is 42.8 Å². The molecule has 0 aromatic heterocycles. The predicted octanol–water partition coefficient (Wildman–Crippen LogP) is 2.73. The molecule has 1 saturated heterocycles. The van der Waals surface area contributed by atoms with Gasteiger partial charge < -0.3 is 14.8 Å². The molecule has 1 N–H and O–H groups in total. The summed E-state index contributed by atoms with van der Waals surface area (Å²) in [6, 6.07) is 6.16. The minimum Gasteiger partial charge on any atom is -0.490 e. The first-order chi connectivity index (χ1) is 8.29. The molecule has 4 heteroatoms. The van der Waals surface area contributed by atoms with Crippen LogP contribution in [0.15, 0.2) is 22.7 Å². The van der Waals surface area contributed by atoms with E-state index in [4.69, 9.17) is 9.47 Å². The van der Waals surface area contributed by atoms with E-state index in [2.05, 4.69) is 27.3 Å². The second-order valence-corrected chi connectivity index (χ2v) is 5.13. The molecule has 17 heavy (non-hydrogen) atoms. The lowest BCUT2D eigenvalue weighted by Gasteiger charge is -2.24. The minimum atomic E-state index is 0.292. The summed E-state index contributed by atoms with van der Waals surface area (Å²) in [4.78, 5) is 0. The van der Waals surface area contributed by atoms with Crippen molar-refractivity contribution < 1.29 is 9.47 Å². The Labute approximate surface area is 111 Å². The van der Waals surface area contributed by atoms with Crippen molar-refractivity contribution in [2.24, 2.45) is 0 Å². The van der Waals surface area contributed by atoms with Crippen molar-refractivity contribution in [2.45, 2.75) is 25.5 Å². The van der Waals surface area contributed by atoms with E-state index < -0.39 is 0 Å². The first-order valence-corrected chi connectivity index (χ1v) is 6.76. The van der Waals surface area contributed by atoms with Crippen molar-refractivity contribution in [1.82, 2.24) is 5.32 Å². The van der Waals surface area contributed by atoms with Crippen LogP contribution in [0.5, 0.6) is 5.75 Å². The Morgan fingerprint density at radius 2 is 2.18 bits per heavy atom. The third-order valence-electron chi connectivity index (χ3n) is 2.85. The fourth-order valence-electron chi connectivity index (χ4n) is 1.96. The van der Waals surface area contributed by atoms with Crippen LogP contribution in [0.25, 0.3) is 0 Å². The molecule has 2 rings (SSSR count). The molecule has 0 bridgehead atoms. The lowest BCUT2D eigenvalue weighted by atomic mass is 10.1. The molecule has 0 saturated carbocycles. The Kier molecular flexibility index (Phi) is 4.83. The van der Waals surface area contributed by atoms with Crippen molar-refractivity contribution in [2.75, 3.05) is 20.3 Å². The van der Waals surface area contributed by atoms with E-state index in [0.29, 0.717) is 6.10 Å². The molecule has 0 radical (unpaired) electrons. The van der Waals surface area contributed by atoms with Gasteiger partial charge in [-0.15, -0.1) is 0 Å². The Hall–Kier alpha value is -0.580. The maximum absolute atomic E-state index is 6.05. The van der Waals surface area contributed by atoms with Crippen LogP contribution < -0.4 is 10.1 Å². The molecule has 1 aromatic carbocycles. The van der Waals surface area contributed by atoms with Gasteiger partial charge in [0.25, 0.3) is 0 Å².